The zero-order valence-corrected chi connectivity index (χ0v) is 13.8. The molecule has 2 atom stereocenters. The van der Waals surface area contributed by atoms with Gasteiger partial charge in [-0.25, -0.2) is 0 Å². The SMILES string of the molecule is C1CCCC1.CC(C)C1CCCC1C.[CH3-].[CH3-].[Fe+2]. The van der Waals surface area contributed by atoms with E-state index in [1.54, 1.807) is 0 Å². The van der Waals surface area contributed by atoms with Crippen LogP contribution in [0.3, 0.4) is 0 Å². The zero-order valence-electron chi connectivity index (χ0n) is 12.7. The molecule has 0 amide bonds. The van der Waals surface area contributed by atoms with Crippen LogP contribution in [0.1, 0.15) is 72.1 Å². The summed E-state index contributed by atoms with van der Waals surface area (Å²) < 4.78 is 0. The Balaban J connectivity index is -0.000000216. The predicted octanol–water partition coefficient (Wildman–Crippen LogP) is 5.93. The summed E-state index contributed by atoms with van der Waals surface area (Å²) in [6, 6.07) is 0. The average Bonchev–Trinajstić information content (AvgIpc) is 2.74. The van der Waals surface area contributed by atoms with Crippen LogP contribution in [0.25, 0.3) is 0 Å². The topological polar surface area (TPSA) is 0 Å². The molecule has 17 heavy (non-hydrogen) atoms. The van der Waals surface area contributed by atoms with Gasteiger partial charge in [-0.3, -0.25) is 0 Å². The predicted molar refractivity (Wildman–Crippen MR) is 77.3 cm³/mol. The largest absolute Gasteiger partial charge is 2.00 e. The van der Waals surface area contributed by atoms with Gasteiger partial charge in [0, 0.05) is 0 Å². The summed E-state index contributed by atoms with van der Waals surface area (Å²) >= 11 is 0. The van der Waals surface area contributed by atoms with Crippen molar-refractivity contribution < 1.29 is 17.1 Å². The van der Waals surface area contributed by atoms with E-state index in [0.717, 1.165) is 17.8 Å². The van der Waals surface area contributed by atoms with Gasteiger partial charge in [0.15, 0.2) is 0 Å². The summed E-state index contributed by atoms with van der Waals surface area (Å²) in [6.07, 6.45) is 11.9. The molecule has 2 aliphatic carbocycles. The molecule has 0 nitrogen and oxygen atoms in total. The van der Waals surface area contributed by atoms with E-state index in [1.807, 2.05) is 0 Å². The normalized spacial score (nSPS) is 26.1. The van der Waals surface area contributed by atoms with E-state index in [9.17, 15) is 0 Å². The number of hydrogen-bond donors (Lipinski definition) is 0. The van der Waals surface area contributed by atoms with Crippen LogP contribution in [-0.2, 0) is 17.1 Å². The fourth-order valence-electron chi connectivity index (χ4n) is 3.05. The third kappa shape index (κ3) is 9.14. The van der Waals surface area contributed by atoms with Gasteiger partial charge in [-0.2, -0.15) is 0 Å². The van der Waals surface area contributed by atoms with Crippen molar-refractivity contribution in [3.63, 3.8) is 0 Å². The van der Waals surface area contributed by atoms with E-state index in [-0.39, 0.29) is 31.9 Å². The molecular weight excluding hydrogens is 248 g/mol. The minimum atomic E-state index is 0. The van der Waals surface area contributed by atoms with E-state index in [4.69, 9.17) is 0 Å². The average molecular weight is 282 g/mol. The van der Waals surface area contributed by atoms with Crippen molar-refractivity contribution in [3.05, 3.63) is 14.9 Å². The molecular formula is C16H34Fe. The van der Waals surface area contributed by atoms with Crippen molar-refractivity contribution in [2.24, 2.45) is 17.8 Å². The first-order valence-corrected chi connectivity index (χ1v) is 6.72. The number of hydrogen-bond acceptors (Lipinski definition) is 0. The summed E-state index contributed by atoms with van der Waals surface area (Å²) in [5.41, 5.74) is 0. The van der Waals surface area contributed by atoms with Gasteiger partial charge in [0.1, 0.15) is 0 Å². The summed E-state index contributed by atoms with van der Waals surface area (Å²) in [5.74, 6) is 2.96. The molecule has 0 aliphatic heterocycles. The number of rotatable bonds is 1. The first-order valence-electron chi connectivity index (χ1n) is 6.72. The van der Waals surface area contributed by atoms with Crippen molar-refractivity contribution >= 4 is 0 Å². The van der Waals surface area contributed by atoms with Crippen molar-refractivity contribution in [3.8, 4) is 0 Å². The van der Waals surface area contributed by atoms with Crippen molar-refractivity contribution in [2.75, 3.05) is 0 Å². The molecule has 0 saturated heterocycles. The smallest absolute Gasteiger partial charge is 0.358 e. The maximum atomic E-state index is 2.40. The van der Waals surface area contributed by atoms with E-state index in [2.05, 4.69) is 20.8 Å². The standard InChI is InChI=1S/C9H18.C5H10.2CH3.Fe/c1-7(2)9-6-4-5-8(9)3;1-2-4-5-3-1;;;/h7-9H,4-6H2,1-3H3;1-5H2;2*1H3;/q;;2*-1;+2. The molecule has 0 N–H and O–H groups in total. The van der Waals surface area contributed by atoms with E-state index >= 15 is 0 Å². The van der Waals surface area contributed by atoms with Gasteiger partial charge < -0.3 is 14.9 Å². The Hall–Kier alpha value is 0.519. The van der Waals surface area contributed by atoms with Gasteiger partial charge in [0.25, 0.3) is 0 Å². The van der Waals surface area contributed by atoms with Crippen LogP contribution >= 0.6 is 0 Å². The van der Waals surface area contributed by atoms with Gasteiger partial charge in [0.05, 0.1) is 0 Å². The summed E-state index contributed by atoms with van der Waals surface area (Å²) in [5, 5.41) is 0. The molecule has 0 radical (unpaired) electrons. The van der Waals surface area contributed by atoms with Crippen LogP contribution in [-0.4, -0.2) is 0 Å². The van der Waals surface area contributed by atoms with E-state index in [1.165, 1.54) is 51.4 Å². The molecule has 0 heterocycles. The minimum Gasteiger partial charge on any atom is -0.358 e. The van der Waals surface area contributed by atoms with Gasteiger partial charge >= 0.3 is 17.1 Å². The Morgan fingerprint density at radius 2 is 1.18 bits per heavy atom. The molecule has 2 unspecified atom stereocenters. The van der Waals surface area contributed by atoms with Gasteiger partial charge in [-0.1, -0.05) is 65.7 Å². The molecule has 1 heteroatoms. The Morgan fingerprint density at radius 1 is 0.765 bits per heavy atom. The molecule has 2 saturated carbocycles. The summed E-state index contributed by atoms with van der Waals surface area (Å²) in [7, 11) is 0. The molecule has 2 rings (SSSR count). The molecule has 0 spiro atoms. The van der Waals surface area contributed by atoms with Crippen LogP contribution in [0.15, 0.2) is 0 Å². The van der Waals surface area contributed by atoms with Gasteiger partial charge in [0.2, 0.25) is 0 Å². The van der Waals surface area contributed by atoms with E-state index < -0.39 is 0 Å². The van der Waals surface area contributed by atoms with Gasteiger partial charge in [-0.15, -0.1) is 0 Å². The second-order valence-corrected chi connectivity index (χ2v) is 5.58. The maximum absolute atomic E-state index is 2.40. The Bertz CT molecular complexity index is 131. The first-order chi connectivity index (χ1) is 6.72. The molecule has 0 aromatic carbocycles. The first kappa shape index (κ1) is 22.7. The maximum Gasteiger partial charge on any atom is 2.00 e. The second kappa shape index (κ2) is 13.0. The molecule has 0 aromatic rings. The summed E-state index contributed by atoms with van der Waals surface area (Å²) in [4.78, 5) is 0. The Morgan fingerprint density at radius 3 is 1.35 bits per heavy atom. The van der Waals surface area contributed by atoms with Crippen molar-refractivity contribution in [1.82, 2.24) is 0 Å². The second-order valence-electron chi connectivity index (χ2n) is 5.58. The van der Waals surface area contributed by atoms with Crippen LogP contribution in [0.2, 0.25) is 0 Å². The molecule has 0 bridgehead atoms. The summed E-state index contributed by atoms with van der Waals surface area (Å²) in [6.45, 7) is 7.11. The van der Waals surface area contributed by atoms with E-state index in [0.29, 0.717) is 0 Å². The quantitative estimate of drug-likeness (QED) is 0.413. The minimum absolute atomic E-state index is 0. The fourth-order valence-corrected chi connectivity index (χ4v) is 3.05. The van der Waals surface area contributed by atoms with Crippen molar-refractivity contribution in [1.29, 1.82) is 0 Å². The molecule has 2 aliphatic rings. The molecule has 2 fully saturated rings. The fraction of sp³-hybridized carbons (Fsp3) is 0.875. The Labute approximate surface area is 122 Å². The molecule has 0 aromatic heterocycles. The third-order valence-electron chi connectivity index (χ3n) is 4.03. The third-order valence-corrected chi connectivity index (χ3v) is 4.03. The monoisotopic (exact) mass is 282 g/mol. The van der Waals surface area contributed by atoms with Crippen LogP contribution in [0, 0.1) is 32.6 Å². The zero-order chi connectivity index (χ0) is 10.4. The van der Waals surface area contributed by atoms with Crippen molar-refractivity contribution in [2.45, 2.75) is 72.1 Å². The van der Waals surface area contributed by atoms with Crippen LogP contribution in [0.4, 0.5) is 0 Å². The van der Waals surface area contributed by atoms with Crippen LogP contribution in [0.5, 0.6) is 0 Å². The van der Waals surface area contributed by atoms with Gasteiger partial charge in [-0.05, 0) is 24.2 Å². The van der Waals surface area contributed by atoms with Crippen LogP contribution < -0.4 is 0 Å². The Kier molecular flexibility index (Phi) is 17.3. The molecule has 106 valence electrons.